The quantitative estimate of drug-likeness (QED) is 0.402. The normalized spacial score (nSPS) is 16.6. The zero-order valence-electron chi connectivity index (χ0n) is 18.9. The first-order valence-corrected chi connectivity index (χ1v) is 11.7. The summed E-state index contributed by atoms with van der Waals surface area (Å²) in [6.07, 6.45) is 3.61. The molecule has 0 aliphatic carbocycles. The van der Waals surface area contributed by atoms with E-state index in [2.05, 4.69) is 10.6 Å². The standard InChI is InChI=1S/C27H25ClN4O3/c28-21-6-10-23(11-7-21)34-12-13-35-24-3-1-2-19(14-24)25-15-20-17-32(27(33)31-26(20)30-25)22-8-4-18(16-29)5-9-22/h1-11,14-15,17,26,30H,12-13,16,29H2,(H,31,33). The summed E-state index contributed by atoms with van der Waals surface area (Å²) >= 11 is 5.89. The van der Waals surface area contributed by atoms with Crippen LogP contribution in [0.15, 0.2) is 90.6 Å². The van der Waals surface area contributed by atoms with Crippen LogP contribution in [0.2, 0.25) is 5.02 Å². The Balaban J connectivity index is 1.24. The van der Waals surface area contributed by atoms with Crippen LogP contribution in [0.3, 0.4) is 0 Å². The number of rotatable bonds is 8. The number of ether oxygens (including phenoxy) is 2. The van der Waals surface area contributed by atoms with Gasteiger partial charge in [0.25, 0.3) is 0 Å². The van der Waals surface area contributed by atoms with Gasteiger partial charge in [0.05, 0.1) is 5.69 Å². The number of carbonyl (C=O) groups excluding carboxylic acids is 1. The number of nitrogens with two attached hydrogens (primary N) is 1. The molecule has 2 amide bonds. The zero-order valence-corrected chi connectivity index (χ0v) is 19.7. The molecule has 5 rings (SSSR count). The highest BCUT2D eigenvalue weighted by Gasteiger charge is 2.31. The van der Waals surface area contributed by atoms with Crippen LogP contribution in [0.5, 0.6) is 11.5 Å². The van der Waals surface area contributed by atoms with Crippen molar-refractivity contribution in [3.8, 4) is 11.5 Å². The molecule has 3 aromatic carbocycles. The van der Waals surface area contributed by atoms with Gasteiger partial charge in [0.2, 0.25) is 0 Å². The molecule has 1 atom stereocenters. The maximum absolute atomic E-state index is 12.7. The second-order valence-electron chi connectivity index (χ2n) is 8.13. The number of hydrogen-bond acceptors (Lipinski definition) is 5. The van der Waals surface area contributed by atoms with Crippen molar-refractivity contribution >= 4 is 29.0 Å². The molecule has 8 heteroatoms. The molecular weight excluding hydrogens is 464 g/mol. The van der Waals surface area contributed by atoms with Gasteiger partial charge < -0.3 is 25.8 Å². The summed E-state index contributed by atoms with van der Waals surface area (Å²) in [5.41, 5.74) is 10.3. The Labute approximate surface area is 208 Å². The van der Waals surface area contributed by atoms with Crippen LogP contribution < -0.4 is 30.7 Å². The lowest BCUT2D eigenvalue weighted by Crippen LogP contribution is -2.51. The number of benzene rings is 3. The molecule has 3 aromatic rings. The Morgan fingerprint density at radius 1 is 0.914 bits per heavy atom. The molecule has 4 N–H and O–H groups in total. The number of urea groups is 1. The number of carbonyl (C=O) groups is 1. The molecule has 7 nitrogen and oxygen atoms in total. The maximum Gasteiger partial charge on any atom is 0.327 e. The van der Waals surface area contributed by atoms with E-state index in [0.717, 1.165) is 39.6 Å². The third-order valence-corrected chi connectivity index (χ3v) is 5.99. The van der Waals surface area contributed by atoms with Crippen molar-refractivity contribution in [1.29, 1.82) is 0 Å². The monoisotopic (exact) mass is 488 g/mol. The minimum Gasteiger partial charge on any atom is -0.490 e. The van der Waals surface area contributed by atoms with Gasteiger partial charge in [-0.3, -0.25) is 4.90 Å². The van der Waals surface area contributed by atoms with Crippen LogP contribution in [-0.4, -0.2) is 25.4 Å². The van der Waals surface area contributed by atoms with E-state index in [1.54, 1.807) is 17.0 Å². The molecule has 0 bridgehead atoms. The smallest absolute Gasteiger partial charge is 0.327 e. The van der Waals surface area contributed by atoms with Crippen LogP contribution in [0.25, 0.3) is 5.70 Å². The van der Waals surface area contributed by atoms with Gasteiger partial charge >= 0.3 is 6.03 Å². The fourth-order valence-electron chi connectivity index (χ4n) is 3.92. The van der Waals surface area contributed by atoms with Gasteiger partial charge in [-0.25, -0.2) is 4.79 Å². The highest BCUT2D eigenvalue weighted by Crippen LogP contribution is 2.29. The Kier molecular flexibility index (Phi) is 6.61. The van der Waals surface area contributed by atoms with Crippen LogP contribution >= 0.6 is 11.6 Å². The molecule has 2 aliphatic rings. The van der Waals surface area contributed by atoms with Crippen molar-refractivity contribution in [2.75, 3.05) is 18.1 Å². The Morgan fingerprint density at radius 3 is 2.40 bits per heavy atom. The van der Waals surface area contributed by atoms with E-state index in [4.69, 9.17) is 26.8 Å². The molecule has 35 heavy (non-hydrogen) atoms. The predicted octanol–water partition coefficient (Wildman–Crippen LogP) is 4.64. The second kappa shape index (κ2) is 10.1. The van der Waals surface area contributed by atoms with Gasteiger partial charge in [0.15, 0.2) is 0 Å². The first kappa shape index (κ1) is 22.8. The highest BCUT2D eigenvalue weighted by atomic mass is 35.5. The number of halogens is 1. The molecule has 0 fully saturated rings. The van der Waals surface area contributed by atoms with Crippen LogP contribution in [-0.2, 0) is 6.54 Å². The lowest BCUT2D eigenvalue weighted by Gasteiger charge is -2.29. The number of fused-ring (bicyclic) bond motifs is 1. The molecule has 178 valence electrons. The third kappa shape index (κ3) is 5.26. The summed E-state index contributed by atoms with van der Waals surface area (Å²) < 4.78 is 11.6. The number of hydrogen-bond donors (Lipinski definition) is 3. The topological polar surface area (TPSA) is 88.8 Å². The fourth-order valence-corrected chi connectivity index (χ4v) is 4.04. The average molecular weight is 489 g/mol. The summed E-state index contributed by atoms with van der Waals surface area (Å²) in [6.45, 7) is 1.28. The van der Waals surface area contributed by atoms with E-state index in [-0.39, 0.29) is 12.2 Å². The van der Waals surface area contributed by atoms with Gasteiger partial charge in [-0.1, -0.05) is 35.9 Å². The Bertz CT molecular complexity index is 1270. The van der Waals surface area contributed by atoms with Crippen molar-refractivity contribution in [3.05, 3.63) is 107 Å². The molecular formula is C27H25ClN4O3. The first-order chi connectivity index (χ1) is 17.1. The lowest BCUT2D eigenvalue weighted by atomic mass is 10.1. The van der Waals surface area contributed by atoms with Gasteiger partial charge in [0.1, 0.15) is 30.9 Å². The van der Waals surface area contributed by atoms with E-state index >= 15 is 0 Å². The number of nitrogens with zero attached hydrogens (tertiary/aromatic N) is 1. The van der Waals surface area contributed by atoms with Crippen molar-refractivity contribution in [2.45, 2.75) is 12.7 Å². The number of nitrogens with one attached hydrogen (secondary N) is 2. The van der Waals surface area contributed by atoms with Crippen molar-refractivity contribution < 1.29 is 14.3 Å². The third-order valence-electron chi connectivity index (χ3n) is 5.74. The second-order valence-corrected chi connectivity index (χ2v) is 8.57. The van der Waals surface area contributed by atoms with Crippen molar-refractivity contribution in [2.24, 2.45) is 5.73 Å². The van der Waals surface area contributed by atoms with Gasteiger partial charge in [0, 0.05) is 34.6 Å². The summed E-state index contributed by atoms with van der Waals surface area (Å²) in [5.74, 6) is 1.48. The SMILES string of the molecule is NCc1ccc(N2C=C3C=C(c4cccc(OCCOc5ccc(Cl)cc5)c4)NC3NC2=O)cc1. The van der Waals surface area contributed by atoms with Crippen molar-refractivity contribution in [1.82, 2.24) is 10.6 Å². The zero-order chi connectivity index (χ0) is 24.2. The molecule has 1 unspecified atom stereocenters. The largest absolute Gasteiger partial charge is 0.490 e. The fraction of sp³-hybridized carbons (Fsp3) is 0.148. The van der Waals surface area contributed by atoms with E-state index in [1.807, 2.05) is 72.9 Å². The number of amides is 2. The first-order valence-electron chi connectivity index (χ1n) is 11.3. The maximum atomic E-state index is 12.7. The molecule has 0 radical (unpaired) electrons. The van der Waals surface area contributed by atoms with E-state index in [9.17, 15) is 4.79 Å². The number of anilines is 1. The van der Waals surface area contributed by atoms with Crippen LogP contribution in [0, 0.1) is 0 Å². The van der Waals surface area contributed by atoms with Crippen LogP contribution in [0.4, 0.5) is 10.5 Å². The summed E-state index contributed by atoms with van der Waals surface area (Å²) in [6, 6.07) is 22.5. The minimum atomic E-state index is -0.283. The average Bonchev–Trinajstić information content (AvgIpc) is 3.30. The molecule has 2 aliphatic heterocycles. The van der Waals surface area contributed by atoms with E-state index < -0.39 is 0 Å². The van der Waals surface area contributed by atoms with E-state index in [0.29, 0.717) is 24.8 Å². The predicted molar refractivity (Wildman–Crippen MR) is 137 cm³/mol. The van der Waals surface area contributed by atoms with Crippen LogP contribution in [0.1, 0.15) is 11.1 Å². The molecule has 0 aromatic heterocycles. The highest BCUT2D eigenvalue weighted by molar-refractivity contribution is 6.30. The van der Waals surface area contributed by atoms with E-state index in [1.165, 1.54) is 0 Å². The lowest BCUT2D eigenvalue weighted by molar-refractivity contribution is 0.217. The Morgan fingerprint density at radius 2 is 1.66 bits per heavy atom. The molecule has 2 heterocycles. The summed E-state index contributed by atoms with van der Waals surface area (Å²) in [7, 11) is 0. The summed E-state index contributed by atoms with van der Waals surface area (Å²) in [5, 5.41) is 7.05. The molecule has 0 saturated carbocycles. The van der Waals surface area contributed by atoms with Gasteiger partial charge in [-0.05, 0) is 60.2 Å². The molecule has 0 spiro atoms. The van der Waals surface area contributed by atoms with Gasteiger partial charge in [-0.15, -0.1) is 0 Å². The summed E-state index contributed by atoms with van der Waals surface area (Å²) in [4.78, 5) is 14.3. The van der Waals surface area contributed by atoms with Crippen molar-refractivity contribution in [3.63, 3.8) is 0 Å². The molecule has 0 saturated heterocycles. The Hall–Kier alpha value is -3.94. The van der Waals surface area contributed by atoms with Gasteiger partial charge in [-0.2, -0.15) is 0 Å². The minimum absolute atomic E-state index is 0.195.